The fraction of sp³-hybridized carbons (Fsp3) is 0.500. The molecule has 6 atom stereocenters. The minimum absolute atomic E-state index is 0.0122. The first-order valence-electron chi connectivity index (χ1n) is 9.50. The zero-order chi connectivity index (χ0) is 18.4. The Morgan fingerprint density at radius 3 is 1.88 bits per heavy atom. The van der Waals surface area contributed by atoms with E-state index in [4.69, 9.17) is 0 Å². The van der Waals surface area contributed by atoms with Crippen molar-refractivity contribution in [2.75, 3.05) is 0 Å². The third kappa shape index (κ3) is 1.99. The molecule has 2 bridgehead atoms. The van der Waals surface area contributed by atoms with Gasteiger partial charge in [0.2, 0.25) is 11.8 Å². The van der Waals surface area contributed by atoms with E-state index in [9.17, 15) is 14.4 Å². The van der Waals surface area contributed by atoms with Crippen LogP contribution in [0.15, 0.2) is 36.4 Å². The number of hydrogen-bond acceptors (Lipinski definition) is 3. The van der Waals surface area contributed by atoms with Crippen LogP contribution in [0.25, 0.3) is 0 Å². The maximum absolute atomic E-state index is 13.0. The molecule has 0 spiro atoms. The Kier molecular flexibility index (Phi) is 3.03. The summed E-state index contributed by atoms with van der Waals surface area (Å²) in [6, 6.07) is 7.28. The normalized spacial score (nSPS) is 37.0. The van der Waals surface area contributed by atoms with Gasteiger partial charge in [-0.05, 0) is 53.2 Å². The van der Waals surface area contributed by atoms with Crippen LogP contribution in [-0.4, -0.2) is 22.6 Å². The summed E-state index contributed by atoms with van der Waals surface area (Å²) in [7, 11) is 0. The number of rotatable bonds is 1. The Morgan fingerprint density at radius 2 is 1.42 bits per heavy atom. The number of imide groups is 3. The third-order valence-electron chi connectivity index (χ3n) is 6.86. The van der Waals surface area contributed by atoms with Crippen LogP contribution in [0.5, 0.6) is 0 Å². The van der Waals surface area contributed by atoms with Gasteiger partial charge in [0.05, 0.1) is 11.8 Å². The summed E-state index contributed by atoms with van der Waals surface area (Å²) < 4.78 is 0. The van der Waals surface area contributed by atoms with Crippen molar-refractivity contribution in [2.45, 2.75) is 32.6 Å². The van der Waals surface area contributed by atoms with E-state index in [1.807, 2.05) is 12.1 Å². The molecule has 2 saturated carbocycles. The number of amides is 3. The van der Waals surface area contributed by atoms with Crippen molar-refractivity contribution in [1.82, 2.24) is 4.90 Å². The number of carbonyl (C=O) groups excluding carboxylic acids is 3. The fourth-order valence-corrected chi connectivity index (χ4v) is 5.40. The second-order valence-corrected chi connectivity index (χ2v) is 9.30. The van der Waals surface area contributed by atoms with Gasteiger partial charge in [-0.3, -0.25) is 14.4 Å². The number of likely N-dealkylation sites (tertiary alicyclic amines) is 1. The first-order chi connectivity index (χ1) is 12.3. The van der Waals surface area contributed by atoms with Crippen molar-refractivity contribution in [3.05, 3.63) is 47.5 Å². The van der Waals surface area contributed by atoms with Crippen LogP contribution in [0.1, 0.15) is 43.1 Å². The standard InChI is InChI=1S/C22H23NO3/c1-22(2,3)12-6-4-11(5-7-12)19(24)23-20(25)17-13-8-9-14(16-10-15(13)16)18(17)21(23)26/h4-9,13-18H,10H2,1-3H3/t13-,14-,15-,16+,17-,18+/m0/s1. The van der Waals surface area contributed by atoms with E-state index in [0.29, 0.717) is 17.4 Å². The van der Waals surface area contributed by atoms with Gasteiger partial charge in [0.15, 0.2) is 0 Å². The summed E-state index contributed by atoms with van der Waals surface area (Å²) in [6.45, 7) is 6.32. The molecule has 26 heavy (non-hydrogen) atoms. The van der Waals surface area contributed by atoms with Gasteiger partial charge < -0.3 is 0 Å². The summed E-state index contributed by atoms with van der Waals surface area (Å²) >= 11 is 0. The molecular formula is C22H23NO3. The molecule has 1 aromatic rings. The number of hydrogen-bond donors (Lipinski definition) is 0. The van der Waals surface area contributed by atoms with Crippen molar-refractivity contribution >= 4 is 17.7 Å². The lowest BCUT2D eigenvalue weighted by Gasteiger charge is -2.37. The van der Waals surface area contributed by atoms with Crippen LogP contribution in [0.3, 0.4) is 0 Å². The van der Waals surface area contributed by atoms with E-state index in [1.54, 1.807) is 12.1 Å². The topological polar surface area (TPSA) is 54.5 Å². The van der Waals surface area contributed by atoms with E-state index in [0.717, 1.165) is 16.9 Å². The molecule has 3 fully saturated rings. The maximum Gasteiger partial charge on any atom is 0.267 e. The Bertz CT molecular complexity index is 824. The molecule has 0 radical (unpaired) electrons. The molecule has 1 saturated heterocycles. The van der Waals surface area contributed by atoms with Crippen LogP contribution in [0, 0.1) is 35.5 Å². The Hall–Kier alpha value is -2.23. The summed E-state index contributed by atoms with van der Waals surface area (Å²) in [5.41, 5.74) is 1.51. The highest BCUT2D eigenvalue weighted by Crippen LogP contribution is 2.65. The van der Waals surface area contributed by atoms with E-state index < -0.39 is 5.91 Å². The Labute approximate surface area is 153 Å². The number of benzene rings is 1. The lowest BCUT2D eigenvalue weighted by Crippen LogP contribution is -2.40. The van der Waals surface area contributed by atoms with E-state index in [-0.39, 0.29) is 40.9 Å². The van der Waals surface area contributed by atoms with Crippen molar-refractivity contribution < 1.29 is 14.4 Å². The SMILES string of the molecule is CC(C)(C)c1ccc(C(=O)N2C(=O)[C@@H]3[C@H]4C=C[C@@H]([C@@H]5C[C@H]45)[C@@H]3C2=O)cc1. The molecule has 134 valence electrons. The molecule has 4 aliphatic carbocycles. The molecule has 0 aromatic heterocycles. The van der Waals surface area contributed by atoms with Gasteiger partial charge in [0.25, 0.3) is 5.91 Å². The summed E-state index contributed by atoms with van der Waals surface area (Å²) in [6.07, 6.45) is 5.37. The van der Waals surface area contributed by atoms with Crippen LogP contribution in [-0.2, 0) is 15.0 Å². The first kappa shape index (κ1) is 16.0. The predicted octanol–water partition coefficient (Wildman–Crippen LogP) is 3.18. The zero-order valence-electron chi connectivity index (χ0n) is 15.3. The molecule has 0 unspecified atom stereocenters. The van der Waals surface area contributed by atoms with Crippen molar-refractivity contribution in [1.29, 1.82) is 0 Å². The smallest absolute Gasteiger partial charge is 0.267 e. The van der Waals surface area contributed by atoms with Gasteiger partial charge in [0.1, 0.15) is 0 Å². The molecule has 0 N–H and O–H groups in total. The highest BCUT2D eigenvalue weighted by atomic mass is 16.2. The summed E-state index contributed by atoms with van der Waals surface area (Å²) in [4.78, 5) is 39.9. The van der Waals surface area contributed by atoms with Gasteiger partial charge >= 0.3 is 0 Å². The average molecular weight is 349 g/mol. The van der Waals surface area contributed by atoms with Gasteiger partial charge in [-0.1, -0.05) is 45.1 Å². The van der Waals surface area contributed by atoms with Crippen LogP contribution >= 0.6 is 0 Å². The summed E-state index contributed by atoms with van der Waals surface area (Å²) in [5, 5.41) is 0. The monoisotopic (exact) mass is 349 g/mol. The van der Waals surface area contributed by atoms with E-state index in [1.165, 1.54) is 0 Å². The largest absolute Gasteiger partial charge is 0.274 e. The molecular weight excluding hydrogens is 326 g/mol. The van der Waals surface area contributed by atoms with Crippen LogP contribution < -0.4 is 0 Å². The van der Waals surface area contributed by atoms with Crippen LogP contribution in [0.2, 0.25) is 0 Å². The van der Waals surface area contributed by atoms with Crippen LogP contribution in [0.4, 0.5) is 0 Å². The molecule has 5 aliphatic rings. The van der Waals surface area contributed by atoms with E-state index >= 15 is 0 Å². The average Bonchev–Trinajstić information content (AvgIpc) is 3.38. The number of allylic oxidation sites excluding steroid dienone is 2. The van der Waals surface area contributed by atoms with E-state index in [2.05, 4.69) is 32.9 Å². The van der Waals surface area contributed by atoms with Crippen molar-refractivity contribution in [3.8, 4) is 0 Å². The molecule has 1 heterocycles. The zero-order valence-corrected chi connectivity index (χ0v) is 15.3. The predicted molar refractivity (Wildman–Crippen MR) is 96.0 cm³/mol. The Balaban J connectivity index is 1.45. The highest BCUT2D eigenvalue weighted by molar-refractivity contribution is 6.21. The minimum Gasteiger partial charge on any atom is -0.274 e. The van der Waals surface area contributed by atoms with Gasteiger partial charge in [-0.25, -0.2) is 4.90 Å². The second-order valence-electron chi connectivity index (χ2n) is 9.30. The molecule has 4 nitrogen and oxygen atoms in total. The maximum atomic E-state index is 13.0. The molecule has 1 aliphatic heterocycles. The lowest BCUT2D eigenvalue weighted by atomic mass is 9.63. The van der Waals surface area contributed by atoms with Crippen molar-refractivity contribution in [2.24, 2.45) is 35.5 Å². The molecule has 6 rings (SSSR count). The summed E-state index contributed by atoms with van der Waals surface area (Å²) in [5.74, 6) is -0.293. The molecule has 3 amide bonds. The van der Waals surface area contributed by atoms with Crippen molar-refractivity contribution in [3.63, 3.8) is 0 Å². The Morgan fingerprint density at radius 1 is 0.923 bits per heavy atom. The first-order valence-corrected chi connectivity index (χ1v) is 9.50. The molecule has 1 aromatic carbocycles. The lowest BCUT2D eigenvalue weighted by molar-refractivity contribution is -0.136. The third-order valence-corrected chi connectivity index (χ3v) is 6.86. The number of nitrogens with zero attached hydrogens (tertiary/aromatic N) is 1. The second kappa shape index (κ2) is 4.93. The highest BCUT2D eigenvalue weighted by Gasteiger charge is 2.67. The molecule has 4 heteroatoms. The fourth-order valence-electron chi connectivity index (χ4n) is 5.40. The van der Waals surface area contributed by atoms with Gasteiger partial charge in [-0.2, -0.15) is 0 Å². The van der Waals surface area contributed by atoms with Gasteiger partial charge in [-0.15, -0.1) is 0 Å². The minimum atomic E-state index is -0.470. The quantitative estimate of drug-likeness (QED) is 0.578. The number of carbonyl (C=O) groups is 3. The van der Waals surface area contributed by atoms with Gasteiger partial charge in [0, 0.05) is 5.56 Å².